The van der Waals surface area contributed by atoms with Crippen molar-refractivity contribution >= 4 is 0 Å². The largest absolute Gasteiger partial charge is 0.270 e. The van der Waals surface area contributed by atoms with Crippen molar-refractivity contribution in [3.05, 3.63) is 42.3 Å². The van der Waals surface area contributed by atoms with Gasteiger partial charge in [0, 0.05) is 17.8 Å². The molecule has 0 fully saturated rings. The summed E-state index contributed by atoms with van der Waals surface area (Å²) in [7, 11) is 0. The Morgan fingerprint density at radius 2 is 1.93 bits per heavy atom. The Kier molecular flexibility index (Phi) is 2.54. The van der Waals surface area contributed by atoms with E-state index >= 15 is 0 Å². The van der Waals surface area contributed by atoms with Crippen LogP contribution in [0.1, 0.15) is 19.9 Å². The van der Waals surface area contributed by atoms with E-state index in [1.54, 1.807) is 12.1 Å². The number of hydrogen-bond acceptors (Lipinski definition) is 1. The highest BCUT2D eigenvalue weighted by Crippen LogP contribution is 2.21. The van der Waals surface area contributed by atoms with Gasteiger partial charge in [-0.3, -0.25) is 4.68 Å². The fourth-order valence-corrected chi connectivity index (χ4v) is 1.44. The highest BCUT2D eigenvalue weighted by Gasteiger charge is 2.07. The van der Waals surface area contributed by atoms with Gasteiger partial charge in [-0.1, -0.05) is 12.1 Å². The number of benzene rings is 1. The lowest BCUT2D eigenvalue weighted by molar-refractivity contribution is 0.533. The van der Waals surface area contributed by atoms with Gasteiger partial charge >= 0.3 is 0 Å². The molecule has 0 saturated carbocycles. The zero-order chi connectivity index (χ0) is 10.8. The smallest absolute Gasteiger partial charge is 0.132 e. The standard InChI is InChI=1S/C12H13FN2/c1-9(2)15-8-7-12(14-15)10-5-3-4-6-11(10)13/h3-9H,1-2H3. The minimum absolute atomic E-state index is 0.230. The molecule has 1 aromatic heterocycles. The monoisotopic (exact) mass is 204 g/mol. The van der Waals surface area contributed by atoms with Crippen molar-refractivity contribution in [1.82, 2.24) is 9.78 Å². The average Bonchev–Trinajstić information content (AvgIpc) is 2.67. The lowest BCUT2D eigenvalue weighted by Gasteiger charge is -2.04. The van der Waals surface area contributed by atoms with E-state index in [1.165, 1.54) is 6.07 Å². The molecule has 15 heavy (non-hydrogen) atoms. The quantitative estimate of drug-likeness (QED) is 0.734. The molecule has 1 heterocycles. The molecule has 2 aromatic rings. The van der Waals surface area contributed by atoms with E-state index in [2.05, 4.69) is 5.10 Å². The molecule has 0 aliphatic rings. The van der Waals surface area contributed by atoms with Gasteiger partial charge in [0.2, 0.25) is 0 Å². The van der Waals surface area contributed by atoms with E-state index < -0.39 is 0 Å². The number of nitrogens with zero attached hydrogens (tertiary/aromatic N) is 2. The van der Waals surface area contributed by atoms with Crippen molar-refractivity contribution < 1.29 is 4.39 Å². The maximum atomic E-state index is 13.4. The second-order valence-electron chi connectivity index (χ2n) is 3.75. The fourth-order valence-electron chi connectivity index (χ4n) is 1.44. The summed E-state index contributed by atoms with van der Waals surface area (Å²) in [5.41, 5.74) is 1.23. The molecule has 0 unspecified atom stereocenters. The van der Waals surface area contributed by atoms with Gasteiger partial charge in [-0.15, -0.1) is 0 Å². The second kappa shape index (κ2) is 3.85. The maximum absolute atomic E-state index is 13.4. The van der Waals surface area contributed by atoms with Crippen molar-refractivity contribution in [3.63, 3.8) is 0 Å². The molecule has 0 N–H and O–H groups in total. The minimum atomic E-state index is -0.230. The van der Waals surface area contributed by atoms with E-state index in [1.807, 2.05) is 36.9 Å². The van der Waals surface area contributed by atoms with Crippen LogP contribution < -0.4 is 0 Å². The van der Waals surface area contributed by atoms with E-state index in [0.29, 0.717) is 17.3 Å². The molecule has 3 heteroatoms. The SMILES string of the molecule is CC(C)n1ccc(-c2ccccc2F)n1. The van der Waals surface area contributed by atoms with Crippen LogP contribution in [0.3, 0.4) is 0 Å². The summed E-state index contributed by atoms with van der Waals surface area (Å²) in [6, 6.07) is 8.81. The molecular weight excluding hydrogens is 191 g/mol. The first kappa shape index (κ1) is 9.90. The van der Waals surface area contributed by atoms with Crippen LogP contribution in [0, 0.1) is 5.82 Å². The van der Waals surface area contributed by atoms with Crippen molar-refractivity contribution in [2.24, 2.45) is 0 Å². The van der Waals surface area contributed by atoms with Crippen molar-refractivity contribution in [1.29, 1.82) is 0 Å². The summed E-state index contributed by atoms with van der Waals surface area (Å²) in [4.78, 5) is 0. The van der Waals surface area contributed by atoms with E-state index in [0.717, 1.165) is 0 Å². The third-order valence-corrected chi connectivity index (χ3v) is 2.29. The lowest BCUT2D eigenvalue weighted by atomic mass is 10.1. The van der Waals surface area contributed by atoms with Gasteiger partial charge in [-0.25, -0.2) is 4.39 Å². The van der Waals surface area contributed by atoms with Crippen LogP contribution in [0.2, 0.25) is 0 Å². The molecule has 2 rings (SSSR count). The molecule has 0 aliphatic heterocycles. The summed E-state index contributed by atoms with van der Waals surface area (Å²) in [6.07, 6.45) is 1.87. The number of hydrogen-bond donors (Lipinski definition) is 0. The molecule has 0 amide bonds. The van der Waals surface area contributed by atoms with E-state index in [-0.39, 0.29) is 5.82 Å². The highest BCUT2D eigenvalue weighted by atomic mass is 19.1. The predicted octanol–water partition coefficient (Wildman–Crippen LogP) is 3.27. The average molecular weight is 204 g/mol. The zero-order valence-corrected chi connectivity index (χ0v) is 8.81. The number of halogens is 1. The van der Waals surface area contributed by atoms with Gasteiger partial charge in [0.15, 0.2) is 0 Å². The summed E-state index contributed by atoms with van der Waals surface area (Å²) < 4.78 is 15.3. The Bertz CT molecular complexity index is 460. The van der Waals surface area contributed by atoms with Crippen LogP contribution in [0.15, 0.2) is 36.5 Å². The molecule has 0 bridgehead atoms. The first-order valence-corrected chi connectivity index (χ1v) is 4.98. The molecule has 0 atom stereocenters. The van der Waals surface area contributed by atoms with Crippen LogP contribution in [0.25, 0.3) is 11.3 Å². The summed E-state index contributed by atoms with van der Waals surface area (Å²) in [6.45, 7) is 4.08. The molecular formula is C12H13FN2. The molecule has 0 saturated heterocycles. The number of aromatic nitrogens is 2. The fraction of sp³-hybridized carbons (Fsp3) is 0.250. The minimum Gasteiger partial charge on any atom is -0.270 e. The van der Waals surface area contributed by atoms with Crippen LogP contribution in [-0.2, 0) is 0 Å². The highest BCUT2D eigenvalue weighted by molar-refractivity contribution is 5.59. The normalized spacial score (nSPS) is 10.9. The van der Waals surface area contributed by atoms with Crippen LogP contribution in [0.5, 0.6) is 0 Å². The van der Waals surface area contributed by atoms with Gasteiger partial charge in [0.05, 0.1) is 5.69 Å². The van der Waals surface area contributed by atoms with Gasteiger partial charge in [-0.05, 0) is 32.0 Å². The maximum Gasteiger partial charge on any atom is 0.132 e. The van der Waals surface area contributed by atoms with Crippen molar-refractivity contribution in [2.45, 2.75) is 19.9 Å². The molecule has 0 aliphatic carbocycles. The van der Waals surface area contributed by atoms with Crippen LogP contribution in [0.4, 0.5) is 4.39 Å². The summed E-state index contributed by atoms with van der Waals surface area (Å²) in [5, 5.41) is 4.32. The summed E-state index contributed by atoms with van der Waals surface area (Å²) >= 11 is 0. The Labute approximate surface area is 88.4 Å². The van der Waals surface area contributed by atoms with Crippen LogP contribution in [-0.4, -0.2) is 9.78 Å². The van der Waals surface area contributed by atoms with Gasteiger partial charge < -0.3 is 0 Å². The van der Waals surface area contributed by atoms with E-state index in [4.69, 9.17) is 0 Å². The zero-order valence-electron chi connectivity index (χ0n) is 8.81. The first-order valence-electron chi connectivity index (χ1n) is 4.98. The van der Waals surface area contributed by atoms with Gasteiger partial charge in [-0.2, -0.15) is 5.10 Å². The van der Waals surface area contributed by atoms with Crippen LogP contribution >= 0.6 is 0 Å². The van der Waals surface area contributed by atoms with Gasteiger partial charge in [0.1, 0.15) is 5.82 Å². The molecule has 0 spiro atoms. The predicted molar refractivity (Wildman–Crippen MR) is 58.0 cm³/mol. The third-order valence-electron chi connectivity index (χ3n) is 2.29. The molecule has 1 aromatic carbocycles. The van der Waals surface area contributed by atoms with Gasteiger partial charge in [0.25, 0.3) is 0 Å². The topological polar surface area (TPSA) is 17.8 Å². The lowest BCUT2D eigenvalue weighted by Crippen LogP contribution is -2.00. The second-order valence-corrected chi connectivity index (χ2v) is 3.75. The molecule has 0 radical (unpaired) electrons. The Hall–Kier alpha value is -1.64. The third kappa shape index (κ3) is 1.91. The summed E-state index contributed by atoms with van der Waals surface area (Å²) in [5.74, 6) is -0.230. The Morgan fingerprint density at radius 3 is 2.53 bits per heavy atom. The van der Waals surface area contributed by atoms with Crippen molar-refractivity contribution in [3.8, 4) is 11.3 Å². The van der Waals surface area contributed by atoms with Crippen molar-refractivity contribution in [2.75, 3.05) is 0 Å². The Morgan fingerprint density at radius 1 is 1.20 bits per heavy atom. The Balaban J connectivity index is 2.42. The molecule has 2 nitrogen and oxygen atoms in total. The molecule has 78 valence electrons. The first-order chi connectivity index (χ1) is 7.18. The van der Waals surface area contributed by atoms with E-state index in [9.17, 15) is 4.39 Å². The number of rotatable bonds is 2.